The van der Waals surface area contributed by atoms with Gasteiger partial charge in [0.2, 0.25) is 0 Å². The van der Waals surface area contributed by atoms with E-state index in [4.69, 9.17) is 0 Å². The number of rotatable bonds is 5. The third-order valence-corrected chi connectivity index (χ3v) is 2.66. The first-order valence-electron chi connectivity index (χ1n) is 5.93. The van der Waals surface area contributed by atoms with Crippen molar-refractivity contribution < 1.29 is 4.79 Å². The smallest absolute Gasteiger partial charge is 0.162 e. The summed E-state index contributed by atoms with van der Waals surface area (Å²) in [7, 11) is 3.97. The highest BCUT2D eigenvalue weighted by molar-refractivity contribution is 6.00. The van der Waals surface area contributed by atoms with Crippen molar-refractivity contribution in [3.05, 3.63) is 41.5 Å². The van der Waals surface area contributed by atoms with Gasteiger partial charge in [0.15, 0.2) is 5.78 Å². The Morgan fingerprint density at radius 2 is 1.88 bits per heavy atom. The Bertz CT molecular complexity index is 393. The van der Waals surface area contributed by atoms with Crippen LogP contribution in [0.15, 0.2) is 35.9 Å². The monoisotopic (exact) mass is 231 g/mol. The zero-order valence-corrected chi connectivity index (χ0v) is 11.1. The van der Waals surface area contributed by atoms with Gasteiger partial charge in [0.1, 0.15) is 0 Å². The van der Waals surface area contributed by atoms with Crippen LogP contribution in [0, 0.1) is 5.92 Å². The second-order valence-electron chi connectivity index (χ2n) is 4.77. The molecule has 0 spiro atoms. The van der Waals surface area contributed by atoms with E-state index in [2.05, 4.69) is 0 Å². The summed E-state index contributed by atoms with van der Waals surface area (Å²) in [6, 6.07) is 9.95. The highest BCUT2D eigenvalue weighted by Gasteiger charge is 2.15. The van der Waals surface area contributed by atoms with Crippen molar-refractivity contribution in [2.24, 2.45) is 5.92 Å². The quantitative estimate of drug-likeness (QED) is 0.726. The predicted octanol–water partition coefficient (Wildman–Crippen LogP) is 2.86. The minimum atomic E-state index is 0.0463. The third kappa shape index (κ3) is 4.53. The van der Waals surface area contributed by atoms with E-state index in [0.717, 1.165) is 17.7 Å². The average molecular weight is 231 g/mol. The Morgan fingerprint density at radius 1 is 1.29 bits per heavy atom. The molecule has 1 rings (SSSR count). The lowest BCUT2D eigenvalue weighted by Gasteiger charge is -2.16. The summed E-state index contributed by atoms with van der Waals surface area (Å²) in [5.41, 5.74) is 1.90. The molecule has 0 heterocycles. The van der Waals surface area contributed by atoms with Crippen LogP contribution in [0.2, 0.25) is 0 Å². The minimum absolute atomic E-state index is 0.0463. The number of carbonyl (C=O) groups is 1. The molecule has 0 fully saturated rings. The summed E-state index contributed by atoms with van der Waals surface area (Å²) in [4.78, 5) is 14.1. The third-order valence-electron chi connectivity index (χ3n) is 2.66. The molecule has 0 radical (unpaired) electrons. The van der Waals surface area contributed by atoms with Crippen molar-refractivity contribution in [2.45, 2.75) is 13.8 Å². The van der Waals surface area contributed by atoms with Gasteiger partial charge in [0.05, 0.1) is 0 Å². The van der Waals surface area contributed by atoms with E-state index in [9.17, 15) is 4.79 Å². The van der Waals surface area contributed by atoms with E-state index >= 15 is 0 Å². The number of allylic oxidation sites excluding steroid dienone is 1. The maximum absolute atomic E-state index is 12.1. The van der Waals surface area contributed by atoms with Crippen molar-refractivity contribution in [3.8, 4) is 0 Å². The topological polar surface area (TPSA) is 20.3 Å². The summed E-state index contributed by atoms with van der Waals surface area (Å²) >= 11 is 0. The Hall–Kier alpha value is -1.41. The van der Waals surface area contributed by atoms with Crippen LogP contribution < -0.4 is 0 Å². The molecule has 92 valence electrons. The number of hydrogen-bond donors (Lipinski definition) is 0. The second kappa shape index (κ2) is 6.36. The van der Waals surface area contributed by atoms with Crippen LogP contribution in [-0.2, 0) is 4.79 Å². The molecule has 0 aliphatic carbocycles. The van der Waals surface area contributed by atoms with Crippen LogP contribution in [0.25, 0.3) is 6.08 Å². The van der Waals surface area contributed by atoms with E-state index in [1.807, 2.05) is 69.3 Å². The van der Waals surface area contributed by atoms with Gasteiger partial charge in [-0.25, -0.2) is 0 Å². The number of ketones is 1. The molecule has 0 aliphatic rings. The van der Waals surface area contributed by atoms with Crippen molar-refractivity contribution >= 4 is 11.9 Å². The van der Waals surface area contributed by atoms with E-state index in [1.54, 1.807) is 0 Å². The molecule has 0 aromatic heterocycles. The lowest BCUT2D eigenvalue weighted by atomic mass is 9.98. The SMILES string of the molecule is CC(=Cc1ccccc1)C(=O)C(C)CN(C)C. The van der Waals surface area contributed by atoms with Crippen LogP contribution in [-0.4, -0.2) is 31.3 Å². The van der Waals surface area contributed by atoms with Gasteiger partial charge in [-0.05, 0) is 38.2 Å². The van der Waals surface area contributed by atoms with E-state index in [0.29, 0.717) is 0 Å². The van der Waals surface area contributed by atoms with Crippen LogP contribution >= 0.6 is 0 Å². The second-order valence-corrected chi connectivity index (χ2v) is 4.77. The molecule has 1 aromatic rings. The number of Topliss-reactive ketones (excluding diaryl/α,β-unsaturated/α-hetero) is 1. The summed E-state index contributed by atoms with van der Waals surface area (Å²) in [5.74, 6) is 0.271. The number of carbonyl (C=O) groups excluding carboxylic acids is 1. The molecule has 0 bridgehead atoms. The predicted molar refractivity (Wildman–Crippen MR) is 72.8 cm³/mol. The molecular formula is C15H21NO. The maximum Gasteiger partial charge on any atom is 0.162 e. The standard InChI is InChI=1S/C15H21NO/c1-12(10-14-8-6-5-7-9-14)15(17)13(2)11-16(3)4/h5-10,13H,11H2,1-4H3. The molecular weight excluding hydrogens is 210 g/mol. The molecule has 0 N–H and O–H groups in total. The number of hydrogen-bond acceptors (Lipinski definition) is 2. The van der Waals surface area contributed by atoms with Gasteiger partial charge in [0, 0.05) is 12.5 Å². The van der Waals surface area contributed by atoms with Crippen molar-refractivity contribution in [1.82, 2.24) is 4.90 Å². The molecule has 1 atom stereocenters. The highest BCUT2D eigenvalue weighted by Crippen LogP contribution is 2.12. The molecule has 17 heavy (non-hydrogen) atoms. The van der Waals surface area contributed by atoms with Gasteiger partial charge < -0.3 is 4.90 Å². The first-order chi connectivity index (χ1) is 8.00. The van der Waals surface area contributed by atoms with E-state index in [1.165, 1.54) is 0 Å². The molecule has 2 heteroatoms. The van der Waals surface area contributed by atoms with Crippen molar-refractivity contribution in [1.29, 1.82) is 0 Å². The lowest BCUT2D eigenvalue weighted by molar-refractivity contribution is -0.119. The molecule has 2 nitrogen and oxygen atoms in total. The van der Waals surface area contributed by atoms with Gasteiger partial charge >= 0.3 is 0 Å². The zero-order valence-electron chi connectivity index (χ0n) is 11.1. The van der Waals surface area contributed by atoms with Gasteiger partial charge in [-0.3, -0.25) is 4.79 Å². The summed E-state index contributed by atoms with van der Waals surface area (Å²) < 4.78 is 0. The Morgan fingerprint density at radius 3 is 2.41 bits per heavy atom. The normalized spacial score (nSPS) is 13.8. The van der Waals surface area contributed by atoms with Crippen molar-refractivity contribution in [2.75, 3.05) is 20.6 Å². The maximum atomic E-state index is 12.1. The van der Waals surface area contributed by atoms with Gasteiger partial charge in [-0.2, -0.15) is 0 Å². The van der Waals surface area contributed by atoms with E-state index in [-0.39, 0.29) is 11.7 Å². The number of nitrogens with zero attached hydrogens (tertiary/aromatic N) is 1. The molecule has 1 aromatic carbocycles. The minimum Gasteiger partial charge on any atom is -0.309 e. The fraction of sp³-hybridized carbons (Fsp3) is 0.400. The zero-order chi connectivity index (χ0) is 12.8. The molecule has 0 saturated carbocycles. The molecule has 0 aliphatic heterocycles. The summed E-state index contributed by atoms with van der Waals surface area (Å²) in [6.45, 7) is 4.66. The highest BCUT2D eigenvalue weighted by atomic mass is 16.1. The molecule has 0 amide bonds. The lowest BCUT2D eigenvalue weighted by Crippen LogP contribution is -2.26. The summed E-state index contributed by atoms with van der Waals surface area (Å²) in [6.07, 6.45) is 1.95. The largest absolute Gasteiger partial charge is 0.309 e. The average Bonchev–Trinajstić information content (AvgIpc) is 2.28. The first-order valence-corrected chi connectivity index (χ1v) is 5.93. The fourth-order valence-electron chi connectivity index (χ4n) is 1.89. The Kier molecular flexibility index (Phi) is 5.11. The van der Waals surface area contributed by atoms with Crippen LogP contribution in [0.5, 0.6) is 0 Å². The van der Waals surface area contributed by atoms with Crippen molar-refractivity contribution in [3.63, 3.8) is 0 Å². The Labute approximate surface area is 104 Å². The van der Waals surface area contributed by atoms with Gasteiger partial charge in [0.25, 0.3) is 0 Å². The van der Waals surface area contributed by atoms with Gasteiger partial charge in [-0.15, -0.1) is 0 Å². The summed E-state index contributed by atoms with van der Waals surface area (Å²) in [5, 5.41) is 0. The van der Waals surface area contributed by atoms with Crippen LogP contribution in [0.3, 0.4) is 0 Å². The van der Waals surface area contributed by atoms with Gasteiger partial charge in [-0.1, -0.05) is 37.3 Å². The molecule has 1 unspecified atom stereocenters. The molecule has 0 saturated heterocycles. The first kappa shape index (κ1) is 13.7. The van der Waals surface area contributed by atoms with E-state index < -0.39 is 0 Å². The Balaban J connectivity index is 2.73. The number of benzene rings is 1. The fourth-order valence-corrected chi connectivity index (χ4v) is 1.89. The van der Waals surface area contributed by atoms with Crippen LogP contribution in [0.4, 0.5) is 0 Å². The van der Waals surface area contributed by atoms with Crippen LogP contribution in [0.1, 0.15) is 19.4 Å².